The van der Waals surface area contributed by atoms with E-state index in [0.29, 0.717) is 0 Å². The maximum atomic E-state index is 12.1. The van der Waals surface area contributed by atoms with E-state index in [1.807, 2.05) is 0 Å². The van der Waals surface area contributed by atoms with Gasteiger partial charge in [-0.05, 0) is 20.8 Å². The summed E-state index contributed by atoms with van der Waals surface area (Å²) in [7, 11) is 0. The summed E-state index contributed by atoms with van der Waals surface area (Å²) in [6.45, 7) is 3.54. The zero-order valence-corrected chi connectivity index (χ0v) is 9.19. The van der Waals surface area contributed by atoms with Crippen molar-refractivity contribution >= 4 is 5.91 Å². The lowest BCUT2D eigenvalue weighted by Gasteiger charge is -2.26. The molecule has 0 unspecified atom stereocenters. The Hall–Kier alpha value is -0.780. The molecule has 0 saturated carbocycles. The Balaban J connectivity index is 4.36. The van der Waals surface area contributed by atoms with Crippen molar-refractivity contribution in [2.75, 3.05) is 13.1 Å². The fourth-order valence-corrected chi connectivity index (χ4v) is 1.09. The highest BCUT2D eigenvalue weighted by Gasteiger charge is 2.33. The third-order valence-electron chi connectivity index (χ3n) is 1.71. The van der Waals surface area contributed by atoms with E-state index >= 15 is 0 Å². The third-order valence-corrected chi connectivity index (χ3v) is 1.71. The van der Waals surface area contributed by atoms with Gasteiger partial charge in [0.1, 0.15) is 6.54 Å². The van der Waals surface area contributed by atoms with Crippen LogP contribution in [-0.2, 0) is 4.79 Å². The first-order valence-corrected chi connectivity index (χ1v) is 4.68. The van der Waals surface area contributed by atoms with E-state index in [1.54, 1.807) is 13.8 Å². The molecule has 0 aliphatic rings. The summed E-state index contributed by atoms with van der Waals surface area (Å²) >= 11 is 0. The third kappa shape index (κ3) is 7.18. The number of alkyl halides is 3. The highest BCUT2D eigenvalue weighted by molar-refractivity contribution is 5.77. The molecule has 0 fully saturated rings. The molecule has 0 aromatic heterocycles. The van der Waals surface area contributed by atoms with Gasteiger partial charge in [-0.1, -0.05) is 0 Å². The van der Waals surface area contributed by atoms with E-state index in [9.17, 15) is 18.0 Å². The lowest BCUT2D eigenvalue weighted by atomic mass is 10.0. The molecule has 0 aromatic rings. The molecule has 0 heterocycles. The summed E-state index contributed by atoms with van der Waals surface area (Å²) < 4.78 is 36.2. The van der Waals surface area contributed by atoms with Gasteiger partial charge in [0, 0.05) is 18.5 Å². The maximum absolute atomic E-state index is 12.1. The minimum absolute atomic E-state index is 0.0361. The first kappa shape index (κ1) is 14.2. The van der Waals surface area contributed by atoms with Crippen LogP contribution < -0.4 is 5.73 Å². The second-order valence-electron chi connectivity index (χ2n) is 4.19. The van der Waals surface area contributed by atoms with Gasteiger partial charge in [0.15, 0.2) is 0 Å². The second-order valence-corrected chi connectivity index (χ2v) is 4.19. The quantitative estimate of drug-likeness (QED) is 0.790. The second kappa shape index (κ2) is 4.83. The topological polar surface area (TPSA) is 46.3 Å². The lowest BCUT2D eigenvalue weighted by molar-refractivity contribution is -0.161. The van der Waals surface area contributed by atoms with Crippen LogP contribution in [0.3, 0.4) is 0 Å². The fraction of sp³-hybridized carbons (Fsp3) is 0.889. The highest BCUT2D eigenvalue weighted by atomic mass is 19.4. The number of carbonyl (C=O) groups excluding carboxylic acids is 1. The van der Waals surface area contributed by atoms with Crippen LogP contribution in [0.4, 0.5) is 13.2 Å². The Bertz CT molecular complexity index is 220. The molecule has 0 atom stereocenters. The van der Waals surface area contributed by atoms with Gasteiger partial charge < -0.3 is 10.6 Å². The van der Waals surface area contributed by atoms with Crippen LogP contribution in [0, 0.1) is 0 Å². The van der Waals surface area contributed by atoms with Gasteiger partial charge in [-0.15, -0.1) is 0 Å². The van der Waals surface area contributed by atoms with E-state index in [-0.39, 0.29) is 13.0 Å². The summed E-state index contributed by atoms with van der Waals surface area (Å²) in [6.07, 6.45) is -4.44. The van der Waals surface area contributed by atoms with Crippen molar-refractivity contribution in [1.29, 1.82) is 0 Å². The first-order chi connectivity index (χ1) is 6.55. The molecule has 2 N–H and O–H groups in total. The summed E-state index contributed by atoms with van der Waals surface area (Å²) in [5.74, 6) is -0.567. The predicted molar refractivity (Wildman–Crippen MR) is 51.2 cm³/mol. The average molecular weight is 226 g/mol. The SMILES string of the molecule is CCN(CC(F)(F)F)C(=O)CC(C)(C)N. The van der Waals surface area contributed by atoms with E-state index in [2.05, 4.69) is 0 Å². The van der Waals surface area contributed by atoms with Crippen molar-refractivity contribution in [1.82, 2.24) is 4.90 Å². The number of nitrogens with zero attached hydrogens (tertiary/aromatic N) is 1. The highest BCUT2D eigenvalue weighted by Crippen LogP contribution is 2.17. The average Bonchev–Trinajstić information content (AvgIpc) is 1.94. The van der Waals surface area contributed by atoms with Crippen LogP contribution >= 0.6 is 0 Å². The van der Waals surface area contributed by atoms with Crippen LogP contribution in [-0.4, -0.2) is 35.6 Å². The lowest BCUT2D eigenvalue weighted by Crippen LogP contribution is -2.44. The van der Waals surface area contributed by atoms with Gasteiger partial charge in [0.25, 0.3) is 0 Å². The van der Waals surface area contributed by atoms with Crippen molar-refractivity contribution in [3.8, 4) is 0 Å². The molecule has 0 aromatic carbocycles. The predicted octanol–water partition coefficient (Wildman–Crippen LogP) is 1.52. The molecular weight excluding hydrogens is 209 g/mol. The zero-order chi connectivity index (χ0) is 12.3. The number of hydrogen-bond acceptors (Lipinski definition) is 2. The Kier molecular flexibility index (Phi) is 4.58. The molecule has 0 aliphatic carbocycles. The van der Waals surface area contributed by atoms with Crippen molar-refractivity contribution in [2.45, 2.75) is 38.9 Å². The Labute approximate surface area is 87.4 Å². The van der Waals surface area contributed by atoms with E-state index in [0.717, 1.165) is 4.90 Å². The minimum atomic E-state index is -4.36. The molecule has 6 heteroatoms. The number of hydrogen-bond donors (Lipinski definition) is 1. The molecule has 0 spiro atoms. The summed E-state index contributed by atoms with van der Waals surface area (Å²) in [6, 6.07) is 0. The standard InChI is InChI=1S/C9H17F3N2O/c1-4-14(6-9(10,11)12)7(15)5-8(2,3)13/h4-6,13H2,1-3H3. The van der Waals surface area contributed by atoms with E-state index in [1.165, 1.54) is 6.92 Å². The normalized spacial score (nSPS) is 12.7. The molecular formula is C9H17F3N2O. The van der Waals surface area contributed by atoms with Gasteiger partial charge in [0.05, 0.1) is 0 Å². The van der Waals surface area contributed by atoms with Crippen LogP contribution in [0.5, 0.6) is 0 Å². The Morgan fingerprint density at radius 3 is 2.07 bits per heavy atom. The van der Waals surface area contributed by atoms with Gasteiger partial charge in [0.2, 0.25) is 5.91 Å². The number of rotatable bonds is 4. The van der Waals surface area contributed by atoms with Gasteiger partial charge in [-0.25, -0.2) is 0 Å². The van der Waals surface area contributed by atoms with Crippen molar-refractivity contribution < 1.29 is 18.0 Å². The van der Waals surface area contributed by atoms with E-state index in [4.69, 9.17) is 5.73 Å². The molecule has 0 saturated heterocycles. The van der Waals surface area contributed by atoms with Crippen molar-refractivity contribution in [3.63, 3.8) is 0 Å². The smallest absolute Gasteiger partial charge is 0.334 e. The van der Waals surface area contributed by atoms with Crippen LogP contribution in [0.15, 0.2) is 0 Å². The molecule has 90 valence electrons. The van der Waals surface area contributed by atoms with Gasteiger partial charge in [-0.2, -0.15) is 13.2 Å². The van der Waals surface area contributed by atoms with Crippen LogP contribution in [0.25, 0.3) is 0 Å². The van der Waals surface area contributed by atoms with E-state index < -0.39 is 24.2 Å². The van der Waals surface area contributed by atoms with Crippen molar-refractivity contribution in [3.05, 3.63) is 0 Å². The summed E-state index contributed by atoms with van der Waals surface area (Å²) in [4.78, 5) is 12.2. The molecule has 0 aliphatic heterocycles. The molecule has 1 amide bonds. The minimum Gasteiger partial charge on any atom is -0.334 e. The maximum Gasteiger partial charge on any atom is 0.406 e. The first-order valence-electron chi connectivity index (χ1n) is 4.68. The van der Waals surface area contributed by atoms with Gasteiger partial charge in [-0.3, -0.25) is 4.79 Å². The summed E-state index contributed by atoms with van der Waals surface area (Å²) in [5, 5.41) is 0. The van der Waals surface area contributed by atoms with Crippen molar-refractivity contribution in [2.24, 2.45) is 5.73 Å². The molecule has 0 radical (unpaired) electrons. The largest absolute Gasteiger partial charge is 0.406 e. The van der Waals surface area contributed by atoms with Crippen LogP contribution in [0.1, 0.15) is 27.2 Å². The number of halogens is 3. The Morgan fingerprint density at radius 2 is 1.80 bits per heavy atom. The van der Waals surface area contributed by atoms with Gasteiger partial charge >= 0.3 is 6.18 Å². The molecule has 0 bridgehead atoms. The number of carbonyl (C=O) groups is 1. The molecule has 15 heavy (non-hydrogen) atoms. The Morgan fingerprint density at radius 1 is 1.33 bits per heavy atom. The fourth-order valence-electron chi connectivity index (χ4n) is 1.09. The molecule has 0 rings (SSSR count). The van der Waals surface area contributed by atoms with Crippen LogP contribution in [0.2, 0.25) is 0 Å². The molecule has 3 nitrogen and oxygen atoms in total. The number of amides is 1. The monoisotopic (exact) mass is 226 g/mol. The zero-order valence-electron chi connectivity index (χ0n) is 9.19. The number of nitrogens with two attached hydrogens (primary N) is 1. The summed E-state index contributed by atoms with van der Waals surface area (Å²) in [5.41, 5.74) is 4.78.